The first-order valence-electron chi connectivity index (χ1n) is 9.59. The molecule has 0 spiro atoms. The van der Waals surface area contributed by atoms with E-state index in [1.807, 2.05) is 35.4 Å². The summed E-state index contributed by atoms with van der Waals surface area (Å²) in [5.41, 5.74) is 0.940. The van der Waals surface area contributed by atoms with E-state index in [0.29, 0.717) is 5.92 Å². The summed E-state index contributed by atoms with van der Waals surface area (Å²) in [6, 6.07) is 5.70. The van der Waals surface area contributed by atoms with E-state index in [0.717, 1.165) is 61.8 Å². The van der Waals surface area contributed by atoms with E-state index < -0.39 is 0 Å². The predicted molar refractivity (Wildman–Crippen MR) is 103 cm³/mol. The van der Waals surface area contributed by atoms with E-state index in [1.54, 1.807) is 6.08 Å². The monoisotopic (exact) mass is 367 g/mol. The number of nitrogens with zero attached hydrogens (tertiary/aromatic N) is 3. The number of hydrogen-bond donors (Lipinski definition) is 0. The summed E-state index contributed by atoms with van der Waals surface area (Å²) < 4.78 is 12.9. The number of aryl methyl sites for hydroxylation is 1. The van der Waals surface area contributed by atoms with Gasteiger partial charge in [0.25, 0.3) is 0 Å². The molecule has 2 aliphatic heterocycles. The Morgan fingerprint density at radius 3 is 2.89 bits per heavy atom. The number of carbonyl (C=O) groups is 1. The fraction of sp³-hybridized carbons (Fsp3) is 0.429. The van der Waals surface area contributed by atoms with E-state index in [2.05, 4.69) is 22.7 Å². The third-order valence-corrected chi connectivity index (χ3v) is 5.31. The standard InChI is InChI=1S/C21H25N3O3/c1-2-20-22-9-12-24(20)14-17-7-10-23(11-8-17)21(25)6-4-16-3-5-18-19(13-16)27-15-26-18/h3-6,9,12-13,17H,2,7-8,10-11,14-15H2,1H3/b6-4+. The Balaban J connectivity index is 1.29. The van der Waals surface area contributed by atoms with Crippen molar-refractivity contribution in [1.82, 2.24) is 14.5 Å². The van der Waals surface area contributed by atoms with Crippen LogP contribution in [0, 0.1) is 5.92 Å². The molecule has 6 nitrogen and oxygen atoms in total. The van der Waals surface area contributed by atoms with Gasteiger partial charge in [0.05, 0.1) is 0 Å². The molecule has 0 N–H and O–H groups in total. The molecule has 3 heterocycles. The Hall–Kier alpha value is -2.76. The lowest BCUT2D eigenvalue weighted by Gasteiger charge is -2.31. The topological polar surface area (TPSA) is 56.6 Å². The maximum absolute atomic E-state index is 12.5. The summed E-state index contributed by atoms with van der Waals surface area (Å²) in [4.78, 5) is 18.8. The van der Waals surface area contributed by atoms with Gasteiger partial charge >= 0.3 is 0 Å². The molecule has 6 heteroatoms. The minimum Gasteiger partial charge on any atom is -0.454 e. The van der Waals surface area contributed by atoms with Crippen LogP contribution in [-0.2, 0) is 17.8 Å². The number of benzene rings is 1. The van der Waals surface area contributed by atoms with Gasteiger partial charge < -0.3 is 18.9 Å². The minimum atomic E-state index is 0.0722. The van der Waals surface area contributed by atoms with Crippen LogP contribution in [0.15, 0.2) is 36.7 Å². The molecule has 0 saturated carbocycles. The van der Waals surface area contributed by atoms with Gasteiger partial charge in [0.2, 0.25) is 12.7 Å². The smallest absolute Gasteiger partial charge is 0.246 e. The number of likely N-dealkylation sites (tertiary alicyclic amines) is 1. The summed E-state index contributed by atoms with van der Waals surface area (Å²) in [7, 11) is 0. The number of carbonyl (C=O) groups excluding carboxylic acids is 1. The fourth-order valence-electron chi connectivity index (χ4n) is 3.72. The summed E-state index contributed by atoms with van der Waals surface area (Å²) >= 11 is 0. The van der Waals surface area contributed by atoms with Gasteiger partial charge in [0.1, 0.15) is 5.82 Å². The number of amides is 1. The molecule has 4 rings (SSSR count). The van der Waals surface area contributed by atoms with Crippen molar-refractivity contribution < 1.29 is 14.3 Å². The first kappa shape index (κ1) is 17.6. The predicted octanol–water partition coefficient (Wildman–Crippen LogP) is 3.13. The van der Waals surface area contributed by atoms with Crippen molar-refractivity contribution >= 4 is 12.0 Å². The van der Waals surface area contributed by atoms with Crippen LogP contribution in [0.1, 0.15) is 31.2 Å². The molecule has 1 saturated heterocycles. The number of piperidine rings is 1. The van der Waals surface area contributed by atoms with Crippen LogP contribution in [0.2, 0.25) is 0 Å². The molecule has 142 valence electrons. The highest BCUT2D eigenvalue weighted by Gasteiger charge is 2.22. The highest BCUT2D eigenvalue weighted by atomic mass is 16.7. The molecular weight excluding hydrogens is 342 g/mol. The van der Waals surface area contributed by atoms with Crippen LogP contribution in [0.3, 0.4) is 0 Å². The molecule has 0 bridgehead atoms. The van der Waals surface area contributed by atoms with Crippen LogP contribution in [0.25, 0.3) is 6.08 Å². The lowest BCUT2D eigenvalue weighted by Crippen LogP contribution is -2.38. The molecule has 1 aromatic heterocycles. The van der Waals surface area contributed by atoms with Crippen molar-refractivity contribution in [2.45, 2.75) is 32.7 Å². The summed E-state index contributed by atoms with van der Waals surface area (Å²) in [6.45, 7) is 5.01. The number of aromatic nitrogens is 2. The molecule has 1 fully saturated rings. The SMILES string of the molecule is CCc1nccn1CC1CCN(C(=O)/C=C/c2ccc3c(c2)OCO3)CC1. The second-order valence-corrected chi connectivity index (χ2v) is 7.06. The molecule has 2 aliphatic rings. The van der Waals surface area contributed by atoms with Crippen molar-refractivity contribution in [2.24, 2.45) is 5.92 Å². The van der Waals surface area contributed by atoms with Crippen molar-refractivity contribution in [2.75, 3.05) is 19.9 Å². The summed E-state index contributed by atoms with van der Waals surface area (Å²) in [5, 5.41) is 0. The second-order valence-electron chi connectivity index (χ2n) is 7.06. The van der Waals surface area contributed by atoms with Crippen molar-refractivity contribution in [3.8, 4) is 11.5 Å². The highest BCUT2D eigenvalue weighted by molar-refractivity contribution is 5.91. The van der Waals surface area contributed by atoms with Crippen LogP contribution in [-0.4, -0.2) is 40.2 Å². The van der Waals surface area contributed by atoms with E-state index in [9.17, 15) is 4.79 Å². The van der Waals surface area contributed by atoms with Crippen LogP contribution >= 0.6 is 0 Å². The number of hydrogen-bond acceptors (Lipinski definition) is 4. The number of imidazole rings is 1. The average Bonchev–Trinajstić information content (AvgIpc) is 3.35. The molecule has 0 radical (unpaired) electrons. The van der Waals surface area contributed by atoms with Crippen LogP contribution in [0.4, 0.5) is 0 Å². The van der Waals surface area contributed by atoms with Gasteiger partial charge in [-0.15, -0.1) is 0 Å². The van der Waals surface area contributed by atoms with Gasteiger partial charge in [-0.2, -0.15) is 0 Å². The summed E-state index contributed by atoms with van der Waals surface area (Å²) in [5.74, 6) is 3.30. The van der Waals surface area contributed by atoms with Gasteiger partial charge in [-0.05, 0) is 42.5 Å². The largest absolute Gasteiger partial charge is 0.454 e. The first-order valence-corrected chi connectivity index (χ1v) is 9.59. The van der Waals surface area contributed by atoms with E-state index in [4.69, 9.17) is 9.47 Å². The molecule has 0 unspecified atom stereocenters. The molecule has 1 aromatic carbocycles. The maximum Gasteiger partial charge on any atom is 0.246 e. The van der Waals surface area contributed by atoms with E-state index >= 15 is 0 Å². The van der Waals surface area contributed by atoms with E-state index in [1.165, 1.54) is 0 Å². The zero-order valence-electron chi connectivity index (χ0n) is 15.6. The van der Waals surface area contributed by atoms with Crippen molar-refractivity contribution in [1.29, 1.82) is 0 Å². The van der Waals surface area contributed by atoms with Crippen LogP contribution < -0.4 is 9.47 Å². The van der Waals surface area contributed by atoms with Crippen molar-refractivity contribution in [3.05, 3.63) is 48.1 Å². The van der Waals surface area contributed by atoms with E-state index in [-0.39, 0.29) is 12.7 Å². The zero-order valence-corrected chi connectivity index (χ0v) is 15.6. The Morgan fingerprint density at radius 2 is 2.07 bits per heavy atom. The fourth-order valence-corrected chi connectivity index (χ4v) is 3.72. The molecule has 2 aromatic rings. The minimum absolute atomic E-state index is 0.0722. The Labute approximate surface area is 159 Å². The quantitative estimate of drug-likeness (QED) is 0.762. The molecular formula is C21H25N3O3. The Morgan fingerprint density at radius 1 is 1.26 bits per heavy atom. The zero-order chi connectivity index (χ0) is 18.6. The normalized spacial score (nSPS) is 17.0. The highest BCUT2D eigenvalue weighted by Crippen LogP contribution is 2.32. The first-order chi connectivity index (χ1) is 13.2. The molecule has 1 amide bonds. The van der Waals surface area contributed by atoms with Crippen LogP contribution in [0.5, 0.6) is 11.5 Å². The van der Waals surface area contributed by atoms with Gasteiger partial charge in [-0.1, -0.05) is 13.0 Å². The maximum atomic E-state index is 12.5. The molecule has 27 heavy (non-hydrogen) atoms. The lowest BCUT2D eigenvalue weighted by molar-refractivity contribution is -0.127. The van der Waals surface area contributed by atoms with Crippen molar-refractivity contribution in [3.63, 3.8) is 0 Å². The van der Waals surface area contributed by atoms with Gasteiger partial charge in [-0.25, -0.2) is 4.98 Å². The van der Waals surface area contributed by atoms with Gasteiger partial charge in [0, 0.05) is 44.5 Å². The third-order valence-electron chi connectivity index (χ3n) is 5.31. The third kappa shape index (κ3) is 3.99. The average molecular weight is 367 g/mol. The molecule has 0 atom stereocenters. The lowest BCUT2D eigenvalue weighted by atomic mass is 9.96. The summed E-state index contributed by atoms with van der Waals surface area (Å²) in [6.07, 6.45) is 10.5. The second kappa shape index (κ2) is 7.86. The Bertz CT molecular complexity index is 835. The van der Waals surface area contributed by atoms with Gasteiger partial charge in [-0.3, -0.25) is 4.79 Å². The number of ether oxygens (including phenoxy) is 2. The Kier molecular flexibility index (Phi) is 5.14. The number of rotatable bonds is 5. The van der Waals surface area contributed by atoms with Gasteiger partial charge in [0.15, 0.2) is 11.5 Å². The number of fused-ring (bicyclic) bond motifs is 1. The molecule has 0 aliphatic carbocycles.